The Labute approximate surface area is 133 Å². The van der Waals surface area contributed by atoms with Gasteiger partial charge in [0.05, 0.1) is 5.56 Å². The van der Waals surface area contributed by atoms with Crippen molar-refractivity contribution in [1.29, 1.82) is 0 Å². The number of hydrogen-bond donors (Lipinski definition) is 0. The summed E-state index contributed by atoms with van der Waals surface area (Å²) in [6.45, 7) is -0.0424. The lowest BCUT2D eigenvalue weighted by Gasteiger charge is -2.05. The number of alkyl halides is 3. The minimum atomic E-state index is -4.40. The van der Waals surface area contributed by atoms with Gasteiger partial charge in [-0.2, -0.15) is 18.2 Å². The van der Waals surface area contributed by atoms with Crippen LogP contribution in [0.3, 0.4) is 0 Å². The Morgan fingerprint density at radius 1 is 0.958 bits per heavy atom. The quantitative estimate of drug-likeness (QED) is 0.659. The topological polar surface area (TPSA) is 48.2 Å². The van der Waals surface area contributed by atoms with Gasteiger partial charge in [0.15, 0.2) is 6.61 Å². The molecule has 2 aromatic carbocycles. The van der Waals surface area contributed by atoms with Crippen LogP contribution in [-0.4, -0.2) is 10.1 Å². The third-order valence-corrected chi connectivity index (χ3v) is 3.11. The molecule has 3 rings (SSSR count). The first-order chi connectivity index (χ1) is 11.4. The summed E-state index contributed by atoms with van der Waals surface area (Å²) in [5, 5.41) is 3.70. The Balaban J connectivity index is 1.68. The molecule has 0 unspecified atom stereocenters. The van der Waals surface area contributed by atoms with Crippen molar-refractivity contribution >= 4 is 0 Å². The molecule has 0 saturated carbocycles. The standard InChI is InChI=1S/C16H10F4N2O2/c17-12-5-7-13(8-6-12)23-9-14-21-15(22-24-14)10-1-3-11(4-2-10)16(18,19)20/h1-8H,9H2. The summed E-state index contributed by atoms with van der Waals surface area (Å²) < 4.78 is 60.7. The highest BCUT2D eigenvalue weighted by Gasteiger charge is 2.30. The highest BCUT2D eigenvalue weighted by atomic mass is 19.4. The van der Waals surface area contributed by atoms with Crippen molar-refractivity contribution in [2.45, 2.75) is 12.8 Å². The van der Waals surface area contributed by atoms with Crippen LogP contribution in [0.25, 0.3) is 11.4 Å². The van der Waals surface area contributed by atoms with Crippen LogP contribution < -0.4 is 4.74 Å². The third-order valence-electron chi connectivity index (χ3n) is 3.11. The van der Waals surface area contributed by atoms with E-state index >= 15 is 0 Å². The van der Waals surface area contributed by atoms with Crippen LogP contribution in [-0.2, 0) is 12.8 Å². The average molecular weight is 338 g/mol. The lowest BCUT2D eigenvalue weighted by atomic mass is 10.1. The molecule has 0 bridgehead atoms. The van der Waals surface area contributed by atoms with E-state index in [0.717, 1.165) is 12.1 Å². The molecule has 124 valence electrons. The fourth-order valence-electron chi connectivity index (χ4n) is 1.91. The van der Waals surface area contributed by atoms with E-state index < -0.39 is 11.7 Å². The van der Waals surface area contributed by atoms with Crippen LogP contribution >= 0.6 is 0 Å². The molecule has 0 atom stereocenters. The molecule has 0 aliphatic heterocycles. The van der Waals surface area contributed by atoms with Gasteiger partial charge in [-0.05, 0) is 36.4 Å². The lowest BCUT2D eigenvalue weighted by molar-refractivity contribution is -0.137. The zero-order valence-electron chi connectivity index (χ0n) is 12.0. The van der Waals surface area contributed by atoms with Crippen molar-refractivity contribution in [3.63, 3.8) is 0 Å². The molecule has 0 radical (unpaired) electrons. The maximum Gasteiger partial charge on any atom is 0.416 e. The Bertz CT molecular complexity index is 811. The van der Waals surface area contributed by atoms with Gasteiger partial charge in [0, 0.05) is 5.56 Å². The van der Waals surface area contributed by atoms with Crippen molar-refractivity contribution < 1.29 is 26.8 Å². The molecule has 0 saturated heterocycles. The number of nitrogens with zero attached hydrogens (tertiary/aromatic N) is 2. The maximum absolute atomic E-state index is 12.8. The second-order valence-electron chi connectivity index (χ2n) is 4.83. The molecule has 8 heteroatoms. The van der Waals surface area contributed by atoms with Gasteiger partial charge >= 0.3 is 6.18 Å². The van der Waals surface area contributed by atoms with E-state index in [1.54, 1.807) is 0 Å². The highest BCUT2D eigenvalue weighted by molar-refractivity contribution is 5.54. The second-order valence-corrected chi connectivity index (χ2v) is 4.83. The number of ether oxygens (including phenoxy) is 1. The third kappa shape index (κ3) is 3.70. The normalized spacial score (nSPS) is 11.5. The maximum atomic E-state index is 12.8. The summed E-state index contributed by atoms with van der Waals surface area (Å²) in [6.07, 6.45) is -4.40. The summed E-state index contributed by atoms with van der Waals surface area (Å²) in [7, 11) is 0. The van der Waals surface area contributed by atoms with Gasteiger partial charge in [-0.3, -0.25) is 0 Å². The second kappa shape index (κ2) is 6.31. The smallest absolute Gasteiger partial charge is 0.416 e. The van der Waals surface area contributed by atoms with Crippen molar-refractivity contribution in [3.05, 3.63) is 65.8 Å². The molecule has 1 heterocycles. The number of benzene rings is 2. The predicted octanol–water partition coefficient (Wildman–Crippen LogP) is 4.47. The first-order valence-electron chi connectivity index (χ1n) is 6.80. The first kappa shape index (κ1) is 16.0. The van der Waals surface area contributed by atoms with Crippen molar-refractivity contribution in [2.24, 2.45) is 0 Å². The predicted molar refractivity (Wildman–Crippen MR) is 75.5 cm³/mol. The summed E-state index contributed by atoms with van der Waals surface area (Å²) in [6, 6.07) is 9.80. The van der Waals surface area contributed by atoms with E-state index in [0.29, 0.717) is 11.3 Å². The number of rotatable bonds is 4. The average Bonchev–Trinajstić information content (AvgIpc) is 3.03. The van der Waals surface area contributed by atoms with Gasteiger partial charge in [-0.25, -0.2) is 4.39 Å². The molecule has 3 aromatic rings. The fraction of sp³-hybridized carbons (Fsp3) is 0.125. The molecular weight excluding hydrogens is 328 g/mol. The highest BCUT2D eigenvalue weighted by Crippen LogP contribution is 2.30. The largest absolute Gasteiger partial charge is 0.484 e. The summed E-state index contributed by atoms with van der Waals surface area (Å²) in [4.78, 5) is 4.05. The molecule has 0 aliphatic rings. The molecule has 0 amide bonds. The Hall–Kier alpha value is -2.90. The number of aromatic nitrogens is 2. The van der Waals surface area contributed by atoms with Crippen LogP contribution in [0.4, 0.5) is 17.6 Å². The Morgan fingerprint density at radius 3 is 2.25 bits per heavy atom. The van der Waals surface area contributed by atoms with E-state index in [4.69, 9.17) is 9.26 Å². The van der Waals surface area contributed by atoms with Gasteiger partial charge in [0.2, 0.25) is 5.82 Å². The van der Waals surface area contributed by atoms with E-state index in [2.05, 4.69) is 10.1 Å². The van der Waals surface area contributed by atoms with Gasteiger partial charge in [0.1, 0.15) is 11.6 Å². The number of halogens is 4. The SMILES string of the molecule is Fc1ccc(OCc2nc(-c3ccc(C(F)(F)F)cc3)no2)cc1. The van der Waals surface area contributed by atoms with E-state index in [9.17, 15) is 17.6 Å². The molecule has 0 fully saturated rings. The monoisotopic (exact) mass is 338 g/mol. The van der Waals surface area contributed by atoms with Crippen LogP contribution in [0.2, 0.25) is 0 Å². The minimum Gasteiger partial charge on any atom is -0.484 e. The van der Waals surface area contributed by atoms with E-state index in [-0.39, 0.29) is 24.1 Å². The van der Waals surface area contributed by atoms with E-state index in [1.807, 2.05) is 0 Å². The Kier molecular flexibility index (Phi) is 4.20. The van der Waals surface area contributed by atoms with Gasteiger partial charge in [0.25, 0.3) is 5.89 Å². The summed E-state index contributed by atoms with van der Waals surface area (Å²) in [5.74, 6) is 0.339. The van der Waals surface area contributed by atoms with Gasteiger partial charge in [-0.15, -0.1) is 0 Å². The Morgan fingerprint density at radius 2 is 1.62 bits per heavy atom. The van der Waals surface area contributed by atoms with Gasteiger partial charge in [-0.1, -0.05) is 17.3 Å². The van der Waals surface area contributed by atoms with Crippen LogP contribution in [0.1, 0.15) is 11.5 Å². The fourth-order valence-corrected chi connectivity index (χ4v) is 1.91. The van der Waals surface area contributed by atoms with Gasteiger partial charge < -0.3 is 9.26 Å². The summed E-state index contributed by atoms with van der Waals surface area (Å²) in [5.41, 5.74) is -0.366. The first-order valence-corrected chi connectivity index (χ1v) is 6.80. The lowest BCUT2D eigenvalue weighted by Crippen LogP contribution is -2.04. The molecule has 0 N–H and O–H groups in total. The van der Waals surface area contributed by atoms with Crippen LogP contribution in [0, 0.1) is 5.82 Å². The van der Waals surface area contributed by atoms with Crippen molar-refractivity contribution in [2.75, 3.05) is 0 Å². The zero-order chi connectivity index (χ0) is 17.2. The van der Waals surface area contributed by atoms with Crippen molar-refractivity contribution in [1.82, 2.24) is 10.1 Å². The molecular formula is C16H10F4N2O2. The summed E-state index contributed by atoms with van der Waals surface area (Å²) >= 11 is 0. The zero-order valence-corrected chi connectivity index (χ0v) is 12.0. The van der Waals surface area contributed by atoms with Crippen molar-refractivity contribution in [3.8, 4) is 17.1 Å². The molecule has 0 aliphatic carbocycles. The molecule has 24 heavy (non-hydrogen) atoms. The molecule has 0 spiro atoms. The minimum absolute atomic E-state index is 0.0424. The molecule has 4 nitrogen and oxygen atoms in total. The van der Waals surface area contributed by atoms with Crippen LogP contribution in [0.5, 0.6) is 5.75 Å². The number of hydrogen-bond acceptors (Lipinski definition) is 4. The van der Waals surface area contributed by atoms with E-state index in [1.165, 1.54) is 36.4 Å². The molecule has 1 aromatic heterocycles. The van der Waals surface area contributed by atoms with Crippen LogP contribution in [0.15, 0.2) is 53.1 Å².